The minimum Gasteiger partial charge on any atom is -0.395 e. The first-order valence-electron chi connectivity index (χ1n) is 12.9. The summed E-state index contributed by atoms with van der Waals surface area (Å²) in [6, 6.07) is 7.05. The quantitative estimate of drug-likeness (QED) is 0.250. The summed E-state index contributed by atoms with van der Waals surface area (Å²) in [4.78, 5) is 1.81. The van der Waals surface area contributed by atoms with Crippen molar-refractivity contribution >= 4 is 23.2 Å². The summed E-state index contributed by atoms with van der Waals surface area (Å²) in [5.41, 5.74) is 5.49. The highest BCUT2D eigenvalue weighted by Gasteiger charge is 2.60. The fraction of sp³-hybridized carbons (Fsp3) is 0.571. The van der Waals surface area contributed by atoms with Gasteiger partial charge >= 0.3 is 0 Å². The predicted octanol–water partition coefficient (Wildman–Crippen LogP) is 3.16. The largest absolute Gasteiger partial charge is 0.395 e. The summed E-state index contributed by atoms with van der Waals surface area (Å²) in [6.45, 7) is 4.74. The van der Waals surface area contributed by atoms with Gasteiger partial charge in [0.1, 0.15) is 23.8 Å². The monoisotopic (exact) mass is 590 g/mol. The van der Waals surface area contributed by atoms with Crippen LogP contribution in [0.3, 0.4) is 0 Å². The van der Waals surface area contributed by atoms with Gasteiger partial charge in [0, 0.05) is 35.1 Å². The maximum Gasteiger partial charge on any atom is 0.145 e. The van der Waals surface area contributed by atoms with E-state index in [0.717, 1.165) is 6.07 Å². The van der Waals surface area contributed by atoms with E-state index in [2.05, 4.69) is 0 Å². The van der Waals surface area contributed by atoms with Gasteiger partial charge in [0.25, 0.3) is 0 Å². The highest BCUT2D eigenvalue weighted by atomic mass is 35.5. The molecule has 3 rings (SSSR count). The van der Waals surface area contributed by atoms with E-state index in [0.29, 0.717) is 6.42 Å². The van der Waals surface area contributed by atoms with Crippen LogP contribution in [-0.4, -0.2) is 80.6 Å². The predicted molar refractivity (Wildman–Crippen MR) is 147 cm³/mol. The van der Waals surface area contributed by atoms with Gasteiger partial charge in [-0.25, -0.2) is 8.78 Å². The van der Waals surface area contributed by atoms with E-state index in [9.17, 15) is 20.4 Å². The number of rotatable bonds is 10. The number of benzene rings is 2. The summed E-state index contributed by atoms with van der Waals surface area (Å²) in [5.74, 6) is -2.39. The highest BCUT2D eigenvalue weighted by molar-refractivity contribution is 6.31. The zero-order valence-electron chi connectivity index (χ0n) is 22.2. The first-order chi connectivity index (χ1) is 18.2. The zero-order chi connectivity index (χ0) is 29.3. The van der Waals surface area contributed by atoms with Gasteiger partial charge in [0.2, 0.25) is 0 Å². The molecule has 1 heterocycles. The lowest BCUT2D eigenvalue weighted by atomic mass is 9.68. The molecule has 1 aliphatic heterocycles. The molecule has 11 heteroatoms. The van der Waals surface area contributed by atoms with Gasteiger partial charge in [-0.05, 0) is 42.0 Å². The molecular weight excluding hydrogens is 553 g/mol. The Kier molecular flexibility index (Phi) is 10.4. The van der Waals surface area contributed by atoms with Gasteiger partial charge in [-0.2, -0.15) is 0 Å². The van der Waals surface area contributed by atoms with Crippen LogP contribution in [0, 0.1) is 17.0 Å². The summed E-state index contributed by atoms with van der Waals surface area (Å²) in [6.07, 6.45) is -4.30. The van der Waals surface area contributed by atoms with Crippen molar-refractivity contribution in [2.45, 2.75) is 75.5 Å². The smallest absolute Gasteiger partial charge is 0.145 e. The van der Waals surface area contributed by atoms with Crippen LogP contribution in [0.4, 0.5) is 8.78 Å². The number of halogens is 4. The molecule has 7 nitrogen and oxygen atoms in total. The number of aliphatic hydroxyl groups is 5. The van der Waals surface area contributed by atoms with E-state index in [1.807, 2.05) is 25.7 Å². The zero-order valence-corrected chi connectivity index (χ0v) is 23.7. The van der Waals surface area contributed by atoms with Crippen LogP contribution >= 0.6 is 23.2 Å². The average Bonchev–Trinajstić information content (AvgIpc) is 3.09. The van der Waals surface area contributed by atoms with Crippen LogP contribution in [0.1, 0.15) is 50.7 Å². The SMILES string of the molecule is CC(C)(C)C[C@@H]1N(CC[C@@H](O)[C@H](O)[C@H](O)CO)[C@@H](CO)[C@H](c2cccc(Cl)c2F)[C@@]1(N)c1ccc(Cl)cc1F. The lowest BCUT2D eigenvalue weighted by molar-refractivity contribution is -0.0816. The van der Waals surface area contributed by atoms with E-state index in [1.165, 1.54) is 24.3 Å². The average molecular weight is 592 g/mol. The standard InChI is InChI=1S/C28H38Cl2F2N2O5/c1-27(2,3)12-23-28(33,17-8-7-15(29)11-19(17)31)24(16-5-4-6-18(30)25(16)32)20(13-35)34(23)10-9-21(37)26(39)22(38)14-36/h4-8,11,20-24,26,35-39H,9-10,12-14,33H2,1-3H3/t20-,21+,22+,23-,24-,26-,28+/m0/s1. The van der Waals surface area contributed by atoms with Gasteiger partial charge in [0.05, 0.1) is 29.9 Å². The fourth-order valence-electron chi connectivity index (χ4n) is 5.85. The Balaban J connectivity index is 2.23. The number of nitrogens with two attached hydrogens (primary N) is 1. The van der Waals surface area contributed by atoms with E-state index < -0.39 is 66.7 Å². The first-order valence-corrected chi connectivity index (χ1v) is 13.6. The Morgan fingerprint density at radius 2 is 1.72 bits per heavy atom. The van der Waals surface area contributed by atoms with Gasteiger partial charge in [0.15, 0.2) is 0 Å². The van der Waals surface area contributed by atoms with Gasteiger partial charge in [-0.15, -0.1) is 0 Å². The van der Waals surface area contributed by atoms with Crippen LogP contribution < -0.4 is 5.73 Å². The van der Waals surface area contributed by atoms with Crippen molar-refractivity contribution in [3.05, 3.63) is 69.2 Å². The molecule has 1 saturated heterocycles. The minimum absolute atomic E-state index is 0.0508. The highest BCUT2D eigenvalue weighted by Crippen LogP contribution is 2.53. The molecule has 7 N–H and O–H groups in total. The van der Waals surface area contributed by atoms with Crippen LogP contribution in [0.5, 0.6) is 0 Å². The summed E-state index contributed by atoms with van der Waals surface area (Å²) in [7, 11) is 0. The molecule has 0 spiro atoms. The molecule has 0 unspecified atom stereocenters. The van der Waals surface area contributed by atoms with E-state index >= 15 is 8.78 Å². The lowest BCUT2D eigenvalue weighted by Crippen LogP contribution is -2.53. The van der Waals surface area contributed by atoms with E-state index in [-0.39, 0.29) is 39.6 Å². The van der Waals surface area contributed by atoms with E-state index in [1.54, 1.807) is 6.07 Å². The summed E-state index contributed by atoms with van der Waals surface area (Å²) < 4.78 is 31.2. The van der Waals surface area contributed by atoms with Gasteiger partial charge in [-0.1, -0.05) is 62.2 Å². The summed E-state index contributed by atoms with van der Waals surface area (Å²) >= 11 is 12.2. The molecule has 0 bridgehead atoms. The van der Waals surface area contributed by atoms with Crippen LogP contribution in [0.15, 0.2) is 36.4 Å². The van der Waals surface area contributed by atoms with Crippen molar-refractivity contribution in [1.82, 2.24) is 4.90 Å². The van der Waals surface area contributed by atoms with Crippen molar-refractivity contribution in [2.24, 2.45) is 11.1 Å². The van der Waals surface area contributed by atoms with Crippen LogP contribution in [0.2, 0.25) is 10.0 Å². The maximum atomic E-state index is 15.6. The molecule has 0 amide bonds. The molecule has 0 saturated carbocycles. The normalized spacial score (nSPS) is 26.5. The maximum absolute atomic E-state index is 15.6. The second-order valence-electron chi connectivity index (χ2n) is 11.5. The Bertz CT molecular complexity index is 1140. The minimum atomic E-state index is -1.62. The Morgan fingerprint density at radius 1 is 1.05 bits per heavy atom. The first kappa shape index (κ1) is 32.1. The molecule has 1 fully saturated rings. The molecule has 0 radical (unpaired) electrons. The molecule has 0 aromatic heterocycles. The Morgan fingerprint density at radius 3 is 2.28 bits per heavy atom. The lowest BCUT2D eigenvalue weighted by Gasteiger charge is -2.42. The molecule has 0 aliphatic carbocycles. The molecule has 1 aliphatic rings. The fourth-order valence-corrected chi connectivity index (χ4v) is 6.19. The number of likely N-dealkylation sites (tertiary alicyclic amines) is 1. The van der Waals surface area contributed by atoms with Crippen molar-refractivity contribution in [3.8, 4) is 0 Å². The molecular formula is C28H38Cl2F2N2O5. The molecule has 2 aromatic rings. The molecule has 2 aromatic carbocycles. The molecule has 7 atom stereocenters. The topological polar surface area (TPSA) is 130 Å². The summed E-state index contributed by atoms with van der Waals surface area (Å²) in [5, 5.41) is 50.4. The van der Waals surface area contributed by atoms with Gasteiger partial charge in [-0.3, -0.25) is 4.90 Å². The number of nitrogens with zero attached hydrogens (tertiary/aromatic N) is 1. The van der Waals surface area contributed by atoms with Crippen molar-refractivity contribution in [1.29, 1.82) is 0 Å². The Labute approximate surface area is 237 Å². The Hall–Kier alpha value is -1.40. The van der Waals surface area contributed by atoms with E-state index in [4.69, 9.17) is 34.0 Å². The third-order valence-corrected chi connectivity index (χ3v) is 8.17. The van der Waals surface area contributed by atoms with Crippen molar-refractivity contribution in [2.75, 3.05) is 19.8 Å². The second kappa shape index (κ2) is 12.6. The number of hydrogen-bond acceptors (Lipinski definition) is 7. The number of hydrogen-bond donors (Lipinski definition) is 6. The van der Waals surface area contributed by atoms with Crippen LogP contribution in [-0.2, 0) is 5.54 Å². The molecule has 39 heavy (non-hydrogen) atoms. The third kappa shape index (κ3) is 6.58. The van der Waals surface area contributed by atoms with Crippen molar-refractivity contribution in [3.63, 3.8) is 0 Å². The van der Waals surface area contributed by atoms with Crippen molar-refractivity contribution < 1.29 is 34.3 Å². The number of aliphatic hydroxyl groups excluding tert-OH is 5. The van der Waals surface area contributed by atoms with Crippen LogP contribution in [0.25, 0.3) is 0 Å². The van der Waals surface area contributed by atoms with Gasteiger partial charge < -0.3 is 31.3 Å². The third-order valence-electron chi connectivity index (χ3n) is 7.64. The second-order valence-corrected chi connectivity index (χ2v) is 12.4. The molecule has 218 valence electrons.